The van der Waals surface area contributed by atoms with E-state index >= 15 is 0 Å². The highest BCUT2D eigenvalue weighted by atomic mass is 19.1. The highest BCUT2D eigenvalue weighted by Gasteiger charge is 2.52. The van der Waals surface area contributed by atoms with Gasteiger partial charge in [-0.15, -0.1) is 0 Å². The van der Waals surface area contributed by atoms with Gasteiger partial charge in [0.05, 0.1) is 6.61 Å². The maximum Gasteiger partial charge on any atom is 0.409 e. The molecular formula is C22H31FN4O6. The third-order valence-electron chi connectivity index (χ3n) is 6.21. The maximum absolute atomic E-state index is 14.7. The molecule has 2 aliphatic heterocycles. The van der Waals surface area contributed by atoms with Crippen molar-refractivity contribution in [3.63, 3.8) is 0 Å². The molecule has 0 radical (unpaired) electrons. The molecule has 10 nitrogen and oxygen atoms in total. The molecule has 0 aromatic carbocycles. The number of hydrogen-bond acceptors (Lipinski definition) is 9. The summed E-state index contributed by atoms with van der Waals surface area (Å²) in [5.74, 6) is -1.38. The van der Waals surface area contributed by atoms with Gasteiger partial charge in [-0.1, -0.05) is 13.8 Å². The number of piperazine rings is 1. The molecule has 1 amide bonds. The predicted octanol–water partition coefficient (Wildman–Crippen LogP) is 2.52. The van der Waals surface area contributed by atoms with Crippen LogP contribution < -0.4 is 9.80 Å². The monoisotopic (exact) mass is 466 g/mol. The van der Waals surface area contributed by atoms with Crippen LogP contribution in [0.2, 0.25) is 0 Å². The molecule has 1 aromatic heterocycles. The van der Waals surface area contributed by atoms with Gasteiger partial charge in [0.25, 0.3) is 0 Å². The van der Waals surface area contributed by atoms with Crippen molar-refractivity contribution < 1.29 is 33.0 Å². The minimum Gasteiger partial charge on any atom is -0.450 e. The van der Waals surface area contributed by atoms with Crippen LogP contribution >= 0.6 is 0 Å². The van der Waals surface area contributed by atoms with Crippen LogP contribution in [0.5, 0.6) is 0 Å². The number of anilines is 2. The summed E-state index contributed by atoms with van der Waals surface area (Å²) in [6.45, 7) is 9.08. The largest absolute Gasteiger partial charge is 0.450 e. The Morgan fingerprint density at radius 1 is 1.12 bits per heavy atom. The number of ether oxygens (including phenoxy) is 3. The summed E-state index contributed by atoms with van der Waals surface area (Å²) in [6.07, 6.45) is -1.13. The summed E-state index contributed by atoms with van der Waals surface area (Å²) in [6, 6.07) is 2.72. The predicted molar refractivity (Wildman–Crippen MR) is 117 cm³/mol. The van der Waals surface area contributed by atoms with Crippen LogP contribution in [0.3, 0.4) is 0 Å². The zero-order valence-corrected chi connectivity index (χ0v) is 19.5. The van der Waals surface area contributed by atoms with Crippen molar-refractivity contribution in [2.24, 2.45) is 5.41 Å². The fourth-order valence-electron chi connectivity index (χ4n) is 4.01. The molecule has 3 rings (SSSR count). The average Bonchev–Trinajstić information content (AvgIpc) is 2.81. The van der Waals surface area contributed by atoms with Crippen LogP contribution in [0.1, 0.15) is 40.5 Å². The quantitative estimate of drug-likeness (QED) is 0.443. The number of hydrogen-bond donors (Lipinski definition) is 0. The zero-order valence-electron chi connectivity index (χ0n) is 19.5. The number of carbonyl (C=O) groups is 3. The normalized spacial score (nSPS) is 18.6. The Hall–Kier alpha value is -3.11. The molecule has 182 valence electrons. The summed E-state index contributed by atoms with van der Waals surface area (Å²) < 4.78 is 30.6. The Labute approximate surface area is 192 Å². The van der Waals surface area contributed by atoms with Crippen molar-refractivity contribution in [3.8, 4) is 0 Å². The van der Waals surface area contributed by atoms with Crippen LogP contribution in [0.4, 0.5) is 20.8 Å². The topological polar surface area (TPSA) is 102 Å². The molecule has 0 saturated carbocycles. The lowest BCUT2D eigenvalue weighted by Crippen LogP contribution is -2.55. The zero-order chi connectivity index (χ0) is 24.2. The lowest BCUT2D eigenvalue weighted by molar-refractivity contribution is -0.224. The first-order valence-electron chi connectivity index (χ1n) is 11.3. The van der Waals surface area contributed by atoms with Crippen molar-refractivity contribution in [2.45, 2.75) is 47.0 Å². The first-order chi connectivity index (χ1) is 15.8. The highest BCUT2D eigenvalue weighted by molar-refractivity contribution is 6.01. The number of esters is 2. The number of pyridine rings is 1. The minimum absolute atomic E-state index is 0.111. The lowest BCUT2D eigenvalue weighted by atomic mass is 9.82. The SMILES string of the molecule is CCOC(=O)N1CCN(c2nc(N(CC)C3OC(=O)C(CC)(CC)C(=O)O3)ccc2F)CC1. The summed E-state index contributed by atoms with van der Waals surface area (Å²) in [5, 5.41) is 0. The Kier molecular flexibility index (Phi) is 7.60. The molecule has 33 heavy (non-hydrogen) atoms. The van der Waals surface area contributed by atoms with E-state index in [-0.39, 0.29) is 25.3 Å². The first-order valence-corrected chi connectivity index (χ1v) is 11.3. The molecule has 0 unspecified atom stereocenters. The number of cyclic esters (lactones) is 2. The third-order valence-corrected chi connectivity index (χ3v) is 6.21. The second kappa shape index (κ2) is 10.2. The van der Waals surface area contributed by atoms with Gasteiger partial charge in [-0.25, -0.2) is 14.2 Å². The van der Waals surface area contributed by atoms with E-state index in [1.54, 1.807) is 37.5 Å². The van der Waals surface area contributed by atoms with Gasteiger partial charge in [-0.3, -0.25) is 14.5 Å². The molecule has 2 fully saturated rings. The van der Waals surface area contributed by atoms with Crippen LogP contribution in [0.25, 0.3) is 0 Å². The second-order valence-electron chi connectivity index (χ2n) is 7.84. The Balaban J connectivity index is 1.77. The smallest absolute Gasteiger partial charge is 0.409 e. The van der Waals surface area contributed by atoms with E-state index in [0.717, 1.165) is 0 Å². The van der Waals surface area contributed by atoms with E-state index in [1.165, 1.54) is 17.0 Å². The maximum atomic E-state index is 14.7. The van der Waals surface area contributed by atoms with Crippen LogP contribution in [0.15, 0.2) is 12.1 Å². The molecule has 3 heterocycles. The first kappa shape index (κ1) is 24.5. The average molecular weight is 467 g/mol. The van der Waals surface area contributed by atoms with Crippen LogP contribution in [-0.2, 0) is 23.8 Å². The molecule has 2 saturated heterocycles. The Bertz CT molecular complexity index is 866. The van der Waals surface area contributed by atoms with Crippen LogP contribution in [-0.4, -0.2) is 73.7 Å². The molecule has 1 aromatic rings. The molecule has 0 atom stereocenters. The van der Waals surface area contributed by atoms with Gasteiger partial charge in [0.2, 0.25) is 0 Å². The van der Waals surface area contributed by atoms with Crippen molar-refractivity contribution >= 4 is 29.7 Å². The van der Waals surface area contributed by atoms with Crippen molar-refractivity contribution in [2.75, 3.05) is 49.1 Å². The van der Waals surface area contributed by atoms with Gasteiger partial charge in [0, 0.05) is 32.7 Å². The molecule has 2 aliphatic rings. The number of carbonyl (C=O) groups excluding carboxylic acids is 3. The van der Waals surface area contributed by atoms with Gasteiger partial charge in [-0.05, 0) is 38.8 Å². The van der Waals surface area contributed by atoms with E-state index in [9.17, 15) is 18.8 Å². The number of rotatable bonds is 7. The van der Waals surface area contributed by atoms with E-state index in [2.05, 4.69) is 4.98 Å². The number of nitrogens with zero attached hydrogens (tertiary/aromatic N) is 4. The van der Waals surface area contributed by atoms with E-state index < -0.39 is 35.7 Å². The summed E-state index contributed by atoms with van der Waals surface area (Å²) in [5.41, 5.74) is -1.31. The molecule has 11 heteroatoms. The fraction of sp³-hybridized carbons (Fsp3) is 0.636. The van der Waals surface area contributed by atoms with E-state index in [4.69, 9.17) is 14.2 Å². The van der Waals surface area contributed by atoms with Crippen molar-refractivity contribution in [1.29, 1.82) is 0 Å². The molecule has 0 bridgehead atoms. The van der Waals surface area contributed by atoms with Gasteiger partial charge in [0.1, 0.15) is 5.82 Å². The summed E-state index contributed by atoms with van der Waals surface area (Å²) in [4.78, 5) is 46.5. The van der Waals surface area contributed by atoms with E-state index in [0.29, 0.717) is 38.5 Å². The standard InChI is InChI=1S/C22H31FN4O6/c1-5-22(6-2)18(28)32-21(33-19(22)29)27(7-3)16-10-9-15(23)17(24-16)25-11-13-26(14-12-25)20(30)31-8-4/h9-10,21H,5-8,11-14H2,1-4H3. The lowest BCUT2D eigenvalue weighted by Gasteiger charge is -2.39. The Morgan fingerprint density at radius 2 is 1.73 bits per heavy atom. The van der Waals surface area contributed by atoms with E-state index in [1.807, 2.05) is 0 Å². The number of aromatic nitrogens is 1. The third kappa shape index (κ3) is 4.67. The highest BCUT2D eigenvalue weighted by Crippen LogP contribution is 2.36. The molecule has 0 aliphatic carbocycles. The van der Waals surface area contributed by atoms with Crippen molar-refractivity contribution in [1.82, 2.24) is 9.88 Å². The molecule has 0 spiro atoms. The van der Waals surface area contributed by atoms with Gasteiger partial charge in [0.15, 0.2) is 17.1 Å². The fourth-order valence-corrected chi connectivity index (χ4v) is 4.01. The van der Waals surface area contributed by atoms with Gasteiger partial charge >= 0.3 is 24.4 Å². The van der Waals surface area contributed by atoms with Crippen molar-refractivity contribution in [3.05, 3.63) is 17.9 Å². The second-order valence-corrected chi connectivity index (χ2v) is 7.84. The molecule has 0 N–H and O–H groups in total. The van der Waals surface area contributed by atoms with Crippen LogP contribution in [0, 0.1) is 11.2 Å². The number of halogens is 1. The van der Waals surface area contributed by atoms with Gasteiger partial charge in [-0.2, -0.15) is 0 Å². The van der Waals surface area contributed by atoms with Gasteiger partial charge < -0.3 is 24.0 Å². The Morgan fingerprint density at radius 3 is 2.24 bits per heavy atom. The number of amides is 1. The summed E-state index contributed by atoms with van der Waals surface area (Å²) >= 11 is 0. The molecular weight excluding hydrogens is 435 g/mol. The summed E-state index contributed by atoms with van der Waals surface area (Å²) in [7, 11) is 0. The minimum atomic E-state index is -1.31.